The summed E-state index contributed by atoms with van der Waals surface area (Å²) in [6.07, 6.45) is 9.67. The molecule has 0 spiro atoms. The maximum absolute atomic E-state index is 5.31. The molecule has 0 radical (unpaired) electrons. The lowest BCUT2D eigenvalue weighted by Gasteiger charge is -1.98. The summed E-state index contributed by atoms with van der Waals surface area (Å²) >= 11 is 1.47. The lowest BCUT2D eigenvalue weighted by molar-refractivity contribution is 0.603. The van der Waals surface area contributed by atoms with Crippen LogP contribution in [0.1, 0.15) is 51.9 Å². The summed E-state index contributed by atoms with van der Waals surface area (Å²) < 4.78 is 0. The first kappa shape index (κ1) is 11.3. The van der Waals surface area contributed by atoms with Crippen LogP contribution in [0.15, 0.2) is 0 Å². The van der Waals surface area contributed by atoms with Crippen LogP contribution in [0, 0.1) is 0 Å². The molecule has 0 aromatic rings. The van der Waals surface area contributed by atoms with Crippen molar-refractivity contribution in [2.24, 2.45) is 5.14 Å². The third kappa shape index (κ3) is 10.3. The zero-order valence-electron chi connectivity index (χ0n) is 7.64. The third-order valence-electron chi connectivity index (χ3n) is 1.87. The molecule has 0 saturated heterocycles. The minimum atomic E-state index is 1.13. The van der Waals surface area contributed by atoms with Crippen LogP contribution in [0.5, 0.6) is 0 Å². The highest BCUT2D eigenvalue weighted by Gasteiger charge is 1.89. The lowest BCUT2D eigenvalue weighted by atomic mass is 10.1. The predicted molar refractivity (Wildman–Crippen MR) is 54.6 cm³/mol. The van der Waals surface area contributed by atoms with Crippen molar-refractivity contribution < 1.29 is 0 Å². The van der Waals surface area contributed by atoms with Crippen molar-refractivity contribution in [2.45, 2.75) is 51.9 Å². The Morgan fingerprint density at radius 3 is 2.00 bits per heavy atom. The van der Waals surface area contributed by atoms with Gasteiger partial charge in [-0.3, -0.25) is 5.14 Å². The fraction of sp³-hybridized carbons (Fsp3) is 1.00. The number of unbranched alkanes of at least 4 members (excludes halogenated alkanes) is 6. The Labute approximate surface area is 75.3 Å². The first-order chi connectivity index (χ1) is 5.41. The van der Waals surface area contributed by atoms with Crippen molar-refractivity contribution in [2.75, 3.05) is 5.75 Å². The largest absolute Gasteiger partial charge is 0.278 e. The zero-order chi connectivity index (χ0) is 8.36. The molecule has 2 N–H and O–H groups in total. The fourth-order valence-corrected chi connectivity index (χ4v) is 1.51. The van der Waals surface area contributed by atoms with Gasteiger partial charge in [-0.05, 0) is 6.42 Å². The zero-order valence-corrected chi connectivity index (χ0v) is 8.46. The molecule has 0 heterocycles. The maximum Gasteiger partial charge on any atom is 0.00764 e. The Balaban J connectivity index is 2.69. The Hall–Kier alpha value is 0.310. The average molecular weight is 175 g/mol. The van der Waals surface area contributed by atoms with Crippen molar-refractivity contribution in [3.8, 4) is 0 Å². The summed E-state index contributed by atoms with van der Waals surface area (Å²) in [5.41, 5.74) is 0. The molecule has 0 atom stereocenters. The van der Waals surface area contributed by atoms with Crippen molar-refractivity contribution in [3.05, 3.63) is 0 Å². The van der Waals surface area contributed by atoms with Gasteiger partial charge in [-0.1, -0.05) is 57.4 Å². The van der Waals surface area contributed by atoms with Gasteiger partial charge in [0.15, 0.2) is 0 Å². The van der Waals surface area contributed by atoms with E-state index in [0.717, 1.165) is 5.75 Å². The van der Waals surface area contributed by atoms with E-state index in [1.165, 1.54) is 56.9 Å². The summed E-state index contributed by atoms with van der Waals surface area (Å²) in [4.78, 5) is 0. The molecule has 0 aromatic carbocycles. The number of rotatable bonds is 8. The maximum atomic E-state index is 5.31. The minimum Gasteiger partial charge on any atom is -0.278 e. The van der Waals surface area contributed by atoms with E-state index < -0.39 is 0 Å². The normalized spacial score (nSPS) is 10.4. The second kappa shape index (κ2) is 10.3. The highest BCUT2D eigenvalue weighted by atomic mass is 32.2. The van der Waals surface area contributed by atoms with Crippen LogP contribution in [-0.4, -0.2) is 5.75 Å². The van der Waals surface area contributed by atoms with Gasteiger partial charge >= 0.3 is 0 Å². The molecule has 0 aliphatic heterocycles. The van der Waals surface area contributed by atoms with Crippen molar-refractivity contribution in [1.82, 2.24) is 0 Å². The van der Waals surface area contributed by atoms with E-state index in [0.29, 0.717) is 0 Å². The van der Waals surface area contributed by atoms with E-state index in [1.54, 1.807) is 0 Å². The Kier molecular flexibility index (Phi) is 10.6. The summed E-state index contributed by atoms with van der Waals surface area (Å²) in [5.74, 6) is 1.13. The van der Waals surface area contributed by atoms with E-state index in [9.17, 15) is 0 Å². The Bertz CT molecular complexity index is 58.6. The van der Waals surface area contributed by atoms with Gasteiger partial charge < -0.3 is 0 Å². The summed E-state index contributed by atoms with van der Waals surface area (Å²) in [7, 11) is 0. The van der Waals surface area contributed by atoms with Gasteiger partial charge in [-0.2, -0.15) is 0 Å². The summed E-state index contributed by atoms with van der Waals surface area (Å²) in [6.45, 7) is 2.26. The van der Waals surface area contributed by atoms with E-state index in [-0.39, 0.29) is 0 Å². The molecule has 0 aromatic heterocycles. The SMILES string of the molecule is CCCCCCCCCSN. The highest BCUT2D eigenvalue weighted by Crippen LogP contribution is 2.07. The number of nitrogens with two attached hydrogens (primary N) is 1. The van der Waals surface area contributed by atoms with Crippen LogP contribution >= 0.6 is 11.9 Å². The van der Waals surface area contributed by atoms with Gasteiger partial charge in [0.1, 0.15) is 0 Å². The van der Waals surface area contributed by atoms with E-state index in [2.05, 4.69) is 6.92 Å². The molecule has 2 heteroatoms. The monoisotopic (exact) mass is 175 g/mol. The third-order valence-corrected chi connectivity index (χ3v) is 2.39. The fourth-order valence-electron chi connectivity index (χ4n) is 1.14. The van der Waals surface area contributed by atoms with Gasteiger partial charge in [0, 0.05) is 5.75 Å². The Morgan fingerprint density at radius 1 is 0.909 bits per heavy atom. The van der Waals surface area contributed by atoms with E-state index in [1.807, 2.05) is 0 Å². The second-order valence-electron chi connectivity index (χ2n) is 2.99. The van der Waals surface area contributed by atoms with Gasteiger partial charge in [-0.15, -0.1) is 0 Å². The molecule has 0 aliphatic rings. The van der Waals surface area contributed by atoms with Crippen molar-refractivity contribution in [3.63, 3.8) is 0 Å². The lowest BCUT2D eigenvalue weighted by Crippen LogP contribution is -1.86. The Morgan fingerprint density at radius 2 is 1.45 bits per heavy atom. The first-order valence-corrected chi connectivity index (χ1v) is 5.78. The van der Waals surface area contributed by atoms with Gasteiger partial charge in [0.05, 0.1) is 0 Å². The molecule has 0 bridgehead atoms. The van der Waals surface area contributed by atoms with Crippen LogP contribution in [0.3, 0.4) is 0 Å². The van der Waals surface area contributed by atoms with Gasteiger partial charge in [0.25, 0.3) is 0 Å². The van der Waals surface area contributed by atoms with Crippen LogP contribution in [-0.2, 0) is 0 Å². The first-order valence-electron chi connectivity index (χ1n) is 4.73. The number of hydrogen-bond donors (Lipinski definition) is 1. The van der Waals surface area contributed by atoms with E-state index >= 15 is 0 Å². The molecule has 11 heavy (non-hydrogen) atoms. The van der Waals surface area contributed by atoms with Crippen molar-refractivity contribution in [1.29, 1.82) is 0 Å². The predicted octanol–water partition coefficient (Wildman–Crippen LogP) is 3.34. The van der Waals surface area contributed by atoms with Crippen LogP contribution < -0.4 is 5.14 Å². The number of hydrogen-bond acceptors (Lipinski definition) is 2. The molecular formula is C9H21NS. The molecule has 0 saturated carbocycles. The minimum absolute atomic E-state index is 1.13. The van der Waals surface area contributed by atoms with Crippen LogP contribution in [0.2, 0.25) is 0 Å². The topological polar surface area (TPSA) is 26.0 Å². The molecule has 0 fully saturated rings. The molecule has 68 valence electrons. The van der Waals surface area contributed by atoms with Crippen LogP contribution in [0.4, 0.5) is 0 Å². The van der Waals surface area contributed by atoms with E-state index in [4.69, 9.17) is 5.14 Å². The summed E-state index contributed by atoms with van der Waals surface area (Å²) in [6, 6.07) is 0. The van der Waals surface area contributed by atoms with Gasteiger partial charge in [0.2, 0.25) is 0 Å². The second-order valence-corrected chi connectivity index (χ2v) is 3.73. The quantitative estimate of drug-likeness (QED) is 0.452. The molecule has 0 aliphatic carbocycles. The molecule has 0 unspecified atom stereocenters. The summed E-state index contributed by atoms with van der Waals surface area (Å²) in [5, 5.41) is 5.31. The van der Waals surface area contributed by atoms with Gasteiger partial charge in [-0.25, -0.2) is 0 Å². The molecule has 0 rings (SSSR count). The highest BCUT2D eigenvalue weighted by molar-refractivity contribution is 7.97. The van der Waals surface area contributed by atoms with Crippen molar-refractivity contribution >= 4 is 11.9 Å². The molecule has 1 nitrogen and oxygen atoms in total. The molecular weight excluding hydrogens is 154 g/mol. The standard InChI is InChI=1S/C9H21NS/c1-2-3-4-5-6-7-8-9-11-10/h2-10H2,1H3. The smallest absolute Gasteiger partial charge is 0.00764 e. The van der Waals surface area contributed by atoms with Crippen LogP contribution in [0.25, 0.3) is 0 Å². The average Bonchev–Trinajstić information content (AvgIpc) is 2.03. The molecule has 0 amide bonds.